The number of benzene rings is 1. The maximum atomic E-state index is 15.1. The van der Waals surface area contributed by atoms with Gasteiger partial charge in [0.05, 0.1) is 29.5 Å². The van der Waals surface area contributed by atoms with E-state index in [1.807, 2.05) is 0 Å². The highest BCUT2D eigenvalue weighted by Gasteiger charge is 2.48. The highest BCUT2D eigenvalue weighted by molar-refractivity contribution is 5.88. The lowest BCUT2D eigenvalue weighted by atomic mass is 9.97. The van der Waals surface area contributed by atoms with Crippen LogP contribution >= 0.6 is 0 Å². The molecule has 0 amide bonds. The van der Waals surface area contributed by atoms with Gasteiger partial charge in [0.15, 0.2) is 5.65 Å². The third-order valence-corrected chi connectivity index (χ3v) is 7.60. The molecule has 2 aromatic heterocycles. The van der Waals surface area contributed by atoms with Crippen molar-refractivity contribution in [3.05, 3.63) is 52.6 Å². The van der Waals surface area contributed by atoms with Crippen LogP contribution in [-0.2, 0) is 5.41 Å². The van der Waals surface area contributed by atoms with Gasteiger partial charge in [-0.2, -0.15) is 10.2 Å². The van der Waals surface area contributed by atoms with Gasteiger partial charge in [-0.05, 0) is 46.7 Å². The van der Waals surface area contributed by atoms with Gasteiger partial charge in [-0.15, -0.1) is 0 Å². The predicted molar refractivity (Wildman–Crippen MR) is 138 cm³/mol. The number of fused-ring (bicyclic) bond motifs is 1. The molecule has 3 aromatic rings. The number of ether oxygens (including phenoxy) is 1. The van der Waals surface area contributed by atoms with E-state index in [9.17, 15) is 18.4 Å². The van der Waals surface area contributed by atoms with Crippen LogP contribution in [0.3, 0.4) is 0 Å². The van der Waals surface area contributed by atoms with Gasteiger partial charge in [-0.1, -0.05) is 18.2 Å². The second-order valence-corrected chi connectivity index (χ2v) is 10.7. The molecule has 0 spiro atoms. The number of nitriles is 1. The number of pyridine rings is 1. The first-order valence-electron chi connectivity index (χ1n) is 12.9. The van der Waals surface area contributed by atoms with Crippen LogP contribution in [0.25, 0.3) is 11.0 Å². The minimum atomic E-state index is -2.78. The number of halogens is 4. The van der Waals surface area contributed by atoms with Gasteiger partial charge >= 0.3 is 0 Å². The lowest BCUT2D eigenvalue weighted by molar-refractivity contribution is 0.0137. The van der Waals surface area contributed by atoms with E-state index in [0.29, 0.717) is 41.1 Å². The summed E-state index contributed by atoms with van der Waals surface area (Å²) in [6.07, 6.45) is -0.554. The number of aryl methyl sites for hydroxylation is 1. The molecule has 206 valence electrons. The van der Waals surface area contributed by atoms with E-state index >= 15 is 4.39 Å². The lowest BCUT2D eigenvalue weighted by Gasteiger charge is -2.22. The van der Waals surface area contributed by atoms with Crippen molar-refractivity contribution in [3.63, 3.8) is 0 Å². The molecular formula is C28H30F4N6O. The smallest absolute Gasteiger partial charge is 0.262 e. The van der Waals surface area contributed by atoms with Gasteiger partial charge < -0.3 is 10.1 Å². The first-order valence-corrected chi connectivity index (χ1v) is 12.9. The molecule has 1 aliphatic carbocycles. The Hall–Kier alpha value is -3.52. The number of aromatic nitrogens is 3. The van der Waals surface area contributed by atoms with Gasteiger partial charge in [0, 0.05) is 29.2 Å². The third kappa shape index (κ3) is 5.22. The monoisotopic (exact) mass is 542 g/mol. The first kappa shape index (κ1) is 27.1. The summed E-state index contributed by atoms with van der Waals surface area (Å²) in [7, 11) is 1.63. The minimum absolute atomic E-state index is 0.00603. The normalized spacial score (nSPS) is 21.4. The molecule has 2 aliphatic rings. The Kier molecular flexibility index (Phi) is 6.87. The molecule has 1 aliphatic heterocycles. The second kappa shape index (κ2) is 9.90. The lowest BCUT2D eigenvalue weighted by Crippen LogP contribution is -2.31. The van der Waals surface area contributed by atoms with E-state index in [-0.39, 0.29) is 36.6 Å². The summed E-state index contributed by atoms with van der Waals surface area (Å²) in [6, 6.07) is 7.64. The Bertz CT molecular complexity index is 1450. The van der Waals surface area contributed by atoms with Crippen LogP contribution in [0, 0.1) is 24.1 Å². The van der Waals surface area contributed by atoms with Crippen LogP contribution in [0.1, 0.15) is 67.8 Å². The molecule has 1 unspecified atom stereocenters. The molecule has 0 radical (unpaired) electrons. The van der Waals surface area contributed by atoms with Crippen molar-refractivity contribution in [2.24, 2.45) is 0 Å². The Labute approximate surface area is 224 Å². The standard InChI is InChI=1S/C28H30F4N6O/c1-15(29)19-6-5-7-20(23(19)30)16(2)34-24-21-10-22(27(13-33)8-9-27)26(37-25(21)36-17(3)35-24)39-12-18-11-28(31,32)14-38(18)4/h5-7,10,15-16,18H,8-9,11-12,14H2,1-4H3,(H,34,35,36,37)/t15?,16-,18+/m1/s1. The number of likely N-dealkylation sites (tertiary alicyclic amines) is 1. The first-order chi connectivity index (χ1) is 18.4. The Morgan fingerprint density at radius 3 is 2.54 bits per heavy atom. The van der Waals surface area contributed by atoms with Crippen molar-refractivity contribution >= 4 is 16.9 Å². The summed E-state index contributed by atoms with van der Waals surface area (Å²) in [6.45, 7) is 4.37. The molecule has 11 heteroatoms. The molecule has 1 N–H and O–H groups in total. The average Bonchev–Trinajstić information content (AvgIpc) is 3.61. The molecule has 5 rings (SSSR count). The van der Waals surface area contributed by atoms with Crippen molar-refractivity contribution in [1.82, 2.24) is 19.9 Å². The number of alkyl halides is 3. The summed E-state index contributed by atoms with van der Waals surface area (Å²) in [5.41, 5.74) is 0.302. The van der Waals surface area contributed by atoms with E-state index in [0.717, 1.165) is 0 Å². The van der Waals surface area contributed by atoms with E-state index < -0.39 is 35.4 Å². The molecule has 39 heavy (non-hydrogen) atoms. The fraction of sp³-hybridized carbons (Fsp3) is 0.500. The molecular weight excluding hydrogens is 512 g/mol. The van der Waals surface area contributed by atoms with Crippen molar-refractivity contribution < 1.29 is 22.3 Å². The average molecular weight is 543 g/mol. The molecule has 3 atom stereocenters. The number of rotatable bonds is 8. The van der Waals surface area contributed by atoms with Crippen LogP contribution in [0.2, 0.25) is 0 Å². The van der Waals surface area contributed by atoms with Gasteiger partial charge in [0.25, 0.3) is 5.92 Å². The van der Waals surface area contributed by atoms with Crippen LogP contribution in [0.15, 0.2) is 24.3 Å². The fourth-order valence-corrected chi connectivity index (χ4v) is 5.19. The Morgan fingerprint density at radius 2 is 1.92 bits per heavy atom. The number of hydrogen-bond acceptors (Lipinski definition) is 7. The highest BCUT2D eigenvalue weighted by atomic mass is 19.3. The van der Waals surface area contributed by atoms with Crippen molar-refractivity contribution in [2.75, 3.05) is 25.5 Å². The van der Waals surface area contributed by atoms with Gasteiger partial charge in [0.2, 0.25) is 5.88 Å². The van der Waals surface area contributed by atoms with Crippen molar-refractivity contribution in [3.8, 4) is 11.9 Å². The third-order valence-electron chi connectivity index (χ3n) is 7.60. The molecule has 1 aromatic carbocycles. The maximum absolute atomic E-state index is 15.1. The van der Waals surface area contributed by atoms with Crippen molar-refractivity contribution in [1.29, 1.82) is 5.26 Å². The van der Waals surface area contributed by atoms with Crippen molar-refractivity contribution in [2.45, 2.75) is 69.6 Å². The summed E-state index contributed by atoms with van der Waals surface area (Å²) in [4.78, 5) is 15.1. The molecule has 0 bridgehead atoms. The van der Waals surface area contributed by atoms with Crippen LogP contribution in [0.4, 0.5) is 23.4 Å². The predicted octanol–water partition coefficient (Wildman–Crippen LogP) is 5.95. The SMILES string of the molecule is Cc1nc(N[C@H](C)c2cccc(C(C)F)c2F)c2cc(C3(C#N)CC3)c(OC[C@@H]3CC(F)(F)CN3C)nc2n1. The largest absolute Gasteiger partial charge is 0.476 e. The van der Waals surface area contributed by atoms with Crippen LogP contribution in [-0.4, -0.2) is 52.0 Å². The number of likely N-dealkylation sites (N-methyl/N-ethyl adjacent to an activating group) is 1. The molecule has 1 saturated carbocycles. The quantitative estimate of drug-likeness (QED) is 0.352. The summed E-state index contributed by atoms with van der Waals surface area (Å²) < 4.78 is 62.8. The number of anilines is 1. The van der Waals surface area contributed by atoms with Gasteiger partial charge in [-0.25, -0.2) is 27.5 Å². The van der Waals surface area contributed by atoms with Gasteiger partial charge in [0.1, 0.15) is 30.2 Å². The van der Waals surface area contributed by atoms with E-state index in [2.05, 4.69) is 26.3 Å². The summed E-state index contributed by atoms with van der Waals surface area (Å²) >= 11 is 0. The van der Waals surface area contributed by atoms with E-state index in [4.69, 9.17) is 4.74 Å². The Morgan fingerprint density at radius 1 is 1.21 bits per heavy atom. The fourth-order valence-electron chi connectivity index (χ4n) is 5.19. The number of nitrogens with zero attached hydrogens (tertiary/aromatic N) is 5. The topological polar surface area (TPSA) is 87.0 Å². The zero-order valence-electron chi connectivity index (χ0n) is 22.2. The van der Waals surface area contributed by atoms with Crippen LogP contribution < -0.4 is 10.1 Å². The zero-order chi connectivity index (χ0) is 28.1. The van der Waals surface area contributed by atoms with E-state index in [1.165, 1.54) is 13.0 Å². The molecule has 7 nitrogen and oxygen atoms in total. The molecule has 2 fully saturated rings. The summed E-state index contributed by atoms with van der Waals surface area (Å²) in [5, 5.41) is 13.7. The minimum Gasteiger partial charge on any atom is -0.476 e. The summed E-state index contributed by atoms with van der Waals surface area (Å²) in [5.74, 6) is -2.44. The van der Waals surface area contributed by atoms with E-state index in [1.54, 1.807) is 44.0 Å². The highest BCUT2D eigenvalue weighted by Crippen LogP contribution is 2.51. The second-order valence-electron chi connectivity index (χ2n) is 10.7. The van der Waals surface area contributed by atoms with Crippen LogP contribution in [0.5, 0.6) is 5.88 Å². The maximum Gasteiger partial charge on any atom is 0.262 e. The Balaban J connectivity index is 1.51. The number of hydrogen-bond donors (Lipinski definition) is 1. The molecule has 3 heterocycles. The zero-order valence-corrected chi connectivity index (χ0v) is 22.2. The molecule has 1 saturated heterocycles. The van der Waals surface area contributed by atoms with Gasteiger partial charge in [-0.3, -0.25) is 4.90 Å². The number of nitrogens with one attached hydrogen (secondary N) is 1.